The molecule has 2 N–H and O–H groups in total. The van der Waals surface area contributed by atoms with E-state index in [4.69, 9.17) is 4.74 Å². The van der Waals surface area contributed by atoms with Crippen molar-refractivity contribution in [2.45, 2.75) is 30.7 Å². The molecule has 0 atom stereocenters. The smallest absolute Gasteiger partial charge is 0.250 e. The van der Waals surface area contributed by atoms with Crippen molar-refractivity contribution in [1.82, 2.24) is 20.3 Å². The zero-order valence-corrected chi connectivity index (χ0v) is 19.8. The van der Waals surface area contributed by atoms with E-state index in [0.717, 1.165) is 55.2 Å². The molecule has 10 heteroatoms. The van der Waals surface area contributed by atoms with E-state index in [0.29, 0.717) is 35.1 Å². The Kier molecular flexibility index (Phi) is 6.77. The summed E-state index contributed by atoms with van der Waals surface area (Å²) in [6.07, 6.45) is 4.98. The molecule has 8 nitrogen and oxygen atoms in total. The number of thioether (sulfide) groups is 1. The lowest BCUT2D eigenvalue weighted by Gasteiger charge is -2.34. The normalized spacial score (nSPS) is 16.4. The molecular weight excluding hydrogens is 455 g/mol. The number of carbonyl (C=O) groups is 1. The van der Waals surface area contributed by atoms with Crippen molar-refractivity contribution in [3.05, 3.63) is 42.0 Å². The summed E-state index contributed by atoms with van der Waals surface area (Å²) < 4.78 is 19.1. The number of hydrogen-bond donors (Lipinski definition) is 2. The second kappa shape index (κ2) is 10.1. The van der Waals surface area contributed by atoms with Crippen LogP contribution >= 0.6 is 11.8 Å². The minimum Gasteiger partial charge on any atom is -0.479 e. The lowest BCUT2D eigenvalue weighted by Crippen LogP contribution is -2.35. The zero-order valence-electron chi connectivity index (χ0n) is 19.0. The molecule has 1 fully saturated rings. The molecule has 0 saturated carbocycles. The monoisotopic (exact) mass is 482 g/mol. The first-order chi connectivity index (χ1) is 16.6. The fourth-order valence-electron chi connectivity index (χ4n) is 4.50. The van der Waals surface area contributed by atoms with Gasteiger partial charge < -0.3 is 20.3 Å². The average molecular weight is 483 g/mol. The third kappa shape index (κ3) is 4.92. The highest BCUT2D eigenvalue weighted by Gasteiger charge is 2.22. The Morgan fingerprint density at radius 1 is 1.26 bits per heavy atom. The number of halogens is 1. The minimum absolute atomic E-state index is 0.00254. The van der Waals surface area contributed by atoms with Crippen LogP contribution in [0.5, 0.6) is 5.88 Å². The van der Waals surface area contributed by atoms with Crippen molar-refractivity contribution < 1.29 is 13.9 Å². The van der Waals surface area contributed by atoms with Crippen LogP contribution in [0.2, 0.25) is 0 Å². The van der Waals surface area contributed by atoms with Gasteiger partial charge in [0.25, 0.3) is 5.88 Å². The molecule has 3 aromatic rings. The first-order valence-corrected chi connectivity index (χ1v) is 12.5. The van der Waals surface area contributed by atoms with E-state index < -0.39 is 5.82 Å². The number of fused-ring (bicyclic) bond motifs is 2. The summed E-state index contributed by atoms with van der Waals surface area (Å²) in [6, 6.07) is 7.37. The van der Waals surface area contributed by atoms with Gasteiger partial charge in [0.2, 0.25) is 5.91 Å². The SMILES string of the molecule is COc1nc2c(N3CCC(CCNCc4ccc5c(n4)NC(=O)CS5)CC3)ccnc2cc1F. The molecule has 5 heterocycles. The number of methoxy groups -OCH3 is 1. The van der Waals surface area contributed by atoms with Gasteiger partial charge in [-0.25, -0.2) is 14.4 Å². The standard InChI is InChI=1S/C24H27FN6O2S/c1-33-24-17(25)12-18-22(30-24)19(5-9-27-18)31-10-6-15(7-11-31)4-8-26-13-16-2-3-20-23(28-16)29-21(32)14-34-20/h2-3,5,9,12,15,26H,4,6-8,10-11,13-14H2,1H3,(H,28,29,32). The summed E-state index contributed by atoms with van der Waals surface area (Å²) in [5.74, 6) is 1.27. The Bertz CT molecular complexity index is 1200. The number of nitrogens with zero attached hydrogens (tertiary/aromatic N) is 4. The molecule has 0 aromatic carbocycles. The Hall–Kier alpha value is -2.98. The molecule has 0 aliphatic carbocycles. The van der Waals surface area contributed by atoms with Gasteiger partial charge in [0.05, 0.1) is 34.7 Å². The van der Waals surface area contributed by atoms with Crippen molar-refractivity contribution in [2.75, 3.05) is 42.7 Å². The predicted molar refractivity (Wildman–Crippen MR) is 131 cm³/mol. The van der Waals surface area contributed by atoms with Gasteiger partial charge in [-0.05, 0) is 49.9 Å². The second-order valence-corrected chi connectivity index (χ2v) is 9.58. The Labute approximate surface area is 201 Å². The lowest BCUT2D eigenvalue weighted by molar-refractivity contribution is -0.113. The number of aromatic nitrogens is 3. The van der Waals surface area contributed by atoms with Crippen LogP contribution < -0.4 is 20.3 Å². The summed E-state index contributed by atoms with van der Waals surface area (Å²) >= 11 is 1.52. The van der Waals surface area contributed by atoms with Gasteiger partial charge in [-0.3, -0.25) is 9.78 Å². The highest BCUT2D eigenvalue weighted by molar-refractivity contribution is 8.00. The molecule has 34 heavy (non-hydrogen) atoms. The molecule has 0 bridgehead atoms. The summed E-state index contributed by atoms with van der Waals surface area (Å²) in [4.78, 5) is 28.1. The van der Waals surface area contributed by atoms with Crippen molar-refractivity contribution in [1.29, 1.82) is 0 Å². The molecule has 2 aliphatic heterocycles. The maximum Gasteiger partial charge on any atom is 0.250 e. The first-order valence-electron chi connectivity index (χ1n) is 11.5. The van der Waals surface area contributed by atoms with Crippen LogP contribution in [0.25, 0.3) is 11.0 Å². The van der Waals surface area contributed by atoms with Crippen molar-refractivity contribution in [3.8, 4) is 5.88 Å². The predicted octanol–water partition coefficient (Wildman–Crippen LogP) is 3.61. The van der Waals surface area contributed by atoms with Gasteiger partial charge in [-0.15, -0.1) is 11.8 Å². The summed E-state index contributed by atoms with van der Waals surface area (Å²) in [7, 11) is 1.42. The van der Waals surface area contributed by atoms with Crippen LogP contribution in [-0.4, -0.2) is 53.4 Å². The van der Waals surface area contributed by atoms with E-state index >= 15 is 0 Å². The van der Waals surface area contributed by atoms with Crippen molar-refractivity contribution in [3.63, 3.8) is 0 Å². The van der Waals surface area contributed by atoms with E-state index in [-0.39, 0.29) is 11.8 Å². The molecule has 178 valence electrons. The molecule has 3 aromatic heterocycles. The van der Waals surface area contributed by atoms with Crippen LogP contribution in [0.3, 0.4) is 0 Å². The molecule has 0 spiro atoms. The fourth-order valence-corrected chi connectivity index (χ4v) is 5.26. The fraction of sp³-hybridized carbons (Fsp3) is 0.417. The van der Waals surface area contributed by atoms with Crippen molar-refractivity contribution >= 4 is 40.2 Å². The zero-order chi connectivity index (χ0) is 23.5. The van der Waals surface area contributed by atoms with Gasteiger partial charge in [0.1, 0.15) is 11.3 Å². The average Bonchev–Trinajstić information content (AvgIpc) is 2.86. The first kappa shape index (κ1) is 22.8. The summed E-state index contributed by atoms with van der Waals surface area (Å²) in [5.41, 5.74) is 3.12. The quantitative estimate of drug-likeness (QED) is 0.494. The topological polar surface area (TPSA) is 92.3 Å². The number of hydrogen-bond acceptors (Lipinski definition) is 8. The van der Waals surface area contributed by atoms with Crippen molar-refractivity contribution in [2.24, 2.45) is 5.92 Å². The largest absolute Gasteiger partial charge is 0.479 e. The van der Waals surface area contributed by atoms with E-state index in [1.807, 2.05) is 18.2 Å². The number of rotatable bonds is 7. The number of ether oxygens (including phenoxy) is 1. The van der Waals surface area contributed by atoms with E-state index in [9.17, 15) is 9.18 Å². The van der Waals surface area contributed by atoms with Crippen LogP contribution in [-0.2, 0) is 11.3 Å². The van der Waals surface area contributed by atoms with Gasteiger partial charge in [0.15, 0.2) is 5.82 Å². The number of piperidine rings is 1. The van der Waals surface area contributed by atoms with Gasteiger partial charge >= 0.3 is 0 Å². The molecule has 0 radical (unpaired) electrons. The van der Waals surface area contributed by atoms with Gasteiger partial charge in [-0.2, -0.15) is 0 Å². The lowest BCUT2D eigenvalue weighted by atomic mass is 9.93. The van der Waals surface area contributed by atoms with Crippen LogP contribution in [0.4, 0.5) is 15.9 Å². The van der Waals surface area contributed by atoms with Crippen LogP contribution in [0.1, 0.15) is 25.0 Å². The van der Waals surface area contributed by atoms with E-state index in [2.05, 4.69) is 30.5 Å². The third-order valence-corrected chi connectivity index (χ3v) is 7.38. The minimum atomic E-state index is -0.500. The molecule has 2 aliphatic rings. The van der Waals surface area contributed by atoms with Gasteiger partial charge in [0, 0.05) is 31.9 Å². The molecule has 0 unspecified atom stereocenters. The maximum absolute atomic E-state index is 14.0. The molecule has 5 rings (SSSR count). The van der Waals surface area contributed by atoms with Gasteiger partial charge in [-0.1, -0.05) is 0 Å². The van der Waals surface area contributed by atoms with Crippen LogP contribution in [0, 0.1) is 11.7 Å². The number of amides is 1. The Balaban J connectivity index is 1.12. The maximum atomic E-state index is 14.0. The number of carbonyl (C=O) groups excluding carboxylic acids is 1. The summed E-state index contributed by atoms with van der Waals surface area (Å²) in [6.45, 7) is 3.45. The van der Waals surface area contributed by atoms with E-state index in [1.54, 1.807) is 6.20 Å². The molecule has 1 amide bonds. The molecular formula is C24H27FN6O2S. The number of pyridine rings is 3. The molecule has 1 saturated heterocycles. The highest BCUT2D eigenvalue weighted by Crippen LogP contribution is 2.32. The number of anilines is 2. The Morgan fingerprint density at radius 3 is 2.94 bits per heavy atom. The van der Waals surface area contributed by atoms with E-state index in [1.165, 1.54) is 24.9 Å². The third-order valence-electron chi connectivity index (χ3n) is 6.33. The second-order valence-electron chi connectivity index (χ2n) is 8.56. The summed E-state index contributed by atoms with van der Waals surface area (Å²) in [5, 5.41) is 6.33. The number of nitrogens with one attached hydrogen (secondary N) is 2. The Morgan fingerprint density at radius 2 is 2.12 bits per heavy atom. The highest BCUT2D eigenvalue weighted by atomic mass is 32.2. The van der Waals surface area contributed by atoms with Crippen LogP contribution in [0.15, 0.2) is 35.4 Å².